The van der Waals surface area contributed by atoms with Crippen molar-refractivity contribution in [3.63, 3.8) is 0 Å². The first-order valence-corrected chi connectivity index (χ1v) is 4.47. The third kappa shape index (κ3) is 4.63. The zero-order chi connectivity index (χ0) is 7.45. The van der Waals surface area contributed by atoms with Gasteiger partial charge >= 0.3 is 23.1 Å². The van der Waals surface area contributed by atoms with Gasteiger partial charge in [-0.15, -0.1) is 5.60 Å². The number of hydrogen-bond donors (Lipinski definition) is 0. The monoisotopic (exact) mass is 184 g/mol. The van der Waals surface area contributed by atoms with E-state index in [-0.39, 0.29) is 27.8 Å². The van der Waals surface area contributed by atoms with Gasteiger partial charge < -0.3 is 9.81 Å². The summed E-state index contributed by atoms with van der Waals surface area (Å²) >= 11 is 0. The Morgan fingerprint density at radius 2 is 1.67 bits per heavy atom. The molecule has 0 aliphatic heterocycles. The molecule has 0 bridgehead atoms. The van der Waals surface area contributed by atoms with E-state index in [1.54, 1.807) is 0 Å². The molecule has 1 aliphatic rings. The fourth-order valence-electron chi connectivity index (χ4n) is 1.90. The van der Waals surface area contributed by atoms with Crippen LogP contribution in [-0.4, -0.2) is 28.7 Å². The minimum absolute atomic E-state index is 0. The summed E-state index contributed by atoms with van der Waals surface area (Å²) in [5, 5.41) is 11.7. The normalized spacial score (nSPS) is 20.5. The molecule has 0 aromatic heterocycles. The van der Waals surface area contributed by atoms with Crippen LogP contribution in [0.25, 0.3) is 0 Å². The van der Waals surface area contributed by atoms with Gasteiger partial charge in [0.2, 0.25) is 0 Å². The fraction of sp³-hybridized carbons (Fsp3) is 1.00. The zero-order valence-electron chi connectivity index (χ0n) is 7.94. The second-order valence-corrected chi connectivity index (χ2v) is 3.49. The van der Waals surface area contributed by atoms with Crippen LogP contribution in [0.3, 0.4) is 0 Å². The van der Waals surface area contributed by atoms with Crippen molar-refractivity contribution in [3.05, 3.63) is 0 Å². The standard InChI is InChI=1S/C9H17O.FH.Mg/c1-2-6-9(10)7-4-3-5-8-9;;/h2-8H2,1H3;1H;/q-1;;+2/p-1. The summed E-state index contributed by atoms with van der Waals surface area (Å²) in [6.07, 6.45) is 7.44. The molecule has 0 unspecified atom stereocenters. The van der Waals surface area contributed by atoms with E-state index in [0.29, 0.717) is 0 Å². The van der Waals surface area contributed by atoms with Gasteiger partial charge in [0.25, 0.3) is 0 Å². The quantitative estimate of drug-likeness (QED) is 0.478. The zero-order valence-corrected chi connectivity index (χ0v) is 9.36. The van der Waals surface area contributed by atoms with Crippen molar-refractivity contribution in [2.45, 2.75) is 57.5 Å². The second-order valence-electron chi connectivity index (χ2n) is 3.49. The first kappa shape index (κ1) is 15.1. The van der Waals surface area contributed by atoms with Gasteiger partial charge in [0.1, 0.15) is 0 Å². The summed E-state index contributed by atoms with van der Waals surface area (Å²) < 4.78 is 0. The molecule has 1 aliphatic carbocycles. The van der Waals surface area contributed by atoms with Crippen LogP contribution in [0.1, 0.15) is 51.9 Å². The predicted octanol–water partition coefficient (Wildman–Crippen LogP) is -1.53. The molecule has 1 fully saturated rings. The smallest absolute Gasteiger partial charge is 1.00 e. The van der Waals surface area contributed by atoms with Crippen molar-refractivity contribution in [1.82, 2.24) is 0 Å². The SMILES string of the molecule is CCCC1([O-])CCCCC1.[F-].[Mg+2]. The second kappa shape index (κ2) is 7.10. The van der Waals surface area contributed by atoms with Gasteiger partial charge in [-0.1, -0.05) is 51.9 Å². The number of hydrogen-bond acceptors (Lipinski definition) is 1. The van der Waals surface area contributed by atoms with E-state index in [0.717, 1.165) is 25.7 Å². The number of rotatable bonds is 2. The third-order valence-corrected chi connectivity index (χ3v) is 2.47. The Labute approximate surface area is 90.4 Å². The van der Waals surface area contributed by atoms with Gasteiger partial charge in [-0.3, -0.25) is 0 Å². The van der Waals surface area contributed by atoms with Gasteiger partial charge in [-0.2, -0.15) is 0 Å². The maximum Gasteiger partial charge on any atom is 2.00 e. The largest absolute Gasteiger partial charge is 2.00 e. The van der Waals surface area contributed by atoms with Gasteiger partial charge in [-0.05, 0) is 0 Å². The molecule has 0 N–H and O–H groups in total. The summed E-state index contributed by atoms with van der Waals surface area (Å²) in [4.78, 5) is 0. The van der Waals surface area contributed by atoms with E-state index in [9.17, 15) is 5.11 Å². The average Bonchev–Trinajstić information content (AvgIpc) is 1.89. The molecule has 0 aromatic rings. The van der Waals surface area contributed by atoms with Gasteiger partial charge in [0.15, 0.2) is 0 Å². The van der Waals surface area contributed by atoms with Crippen molar-refractivity contribution < 1.29 is 9.81 Å². The Bertz CT molecular complexity index is 97.2. The summed E-state index contributed by atoms with van der Waals surface area (Å²) in [6.45, 7) is 2.11. The maximum absolute atomic E-state index is 11.7. The molecule has 0 amide bonds. The average molecular weight is 185 g/mol. The van der Waals surface area contributed by atoms with E-state index in [4.69, 9.17) is 0 Å². The minimum Gasteiger partial charge on any atom is -1.00 e. The minimum atomic E-state index is -0.521. The van der Waals surface area contributed by atoms with Gasteiger partial charge in [-0.25, -0.2) is 0 Å². The Kier molecular flexibility index (Phi) is 8.96. The molecule has 1 nitrogen and oxygen atoms in total. The Hall–Kier alpha value is 0.656. The van der Waals surface area contributed by atoms with Crippen LogP contribution in [0.4, 0.5) is 0 Å². The first-order chi connectivity index (χ1) is 4.77. The molecule has 0 atom stereocenters. The molecule has 68 valence electrons. The van der Waals surface area contributed by atoms with E-state index in [2.05, 4.69) is 6.92 Å². The van der Waals surface area contributed by atoms with Crippen LogP contribution in [-0.2, 0) is 0 Å². The van der Waals surface area contributed by atoms with Crippen molar-refractivity contribution in [3.8, 4) is 0 Å². The molecule has 0 aromatic carbocycles. The van der Waals surface area contributed by atoms with Crippen LogP contribution >= 0.6 is 0 Å². The van der Waals surface area contributed by atoms with Crippen molar-refractivity contribution in [2.24, 2.45) is 0 Å². The van der Waals surface area contributed by atoms with Crippen LogP contribution in [0.5, 0.6) is 0 Å². The molecule has 1 saturated carbocycles. The maximum atomic E-state index is 11.7. The molecule has 0 heterocycles. The summed E-state index contributed by atoms with van der Waals surface area (Å²) in [7, 11) is 0. The van der Waals surface area contributed by atoms with Crippen LogP contribution in [0.15, 0.2) is 0 Å². The molecular formula is C9H17FMgO. The first-order valence-electron chi connectivity index (χ1n) is 4.47. The van der Waals surface area contributed by atoms with Crippen molar-refractivity contribution >= 4 is 23.1 Å². The number of halogens is 1. The molecule has 1 rings (SSSR count). The molecule has 0 radical (unpaired) electrons. The van der Waals surface area contributed by atoms with Crippen molar-refractivity contribution in [1.29, 1.82) is 0 Å². The Morgan fingerprint density at radius 3 is 2.08 bits per heavy atom. The van der Waals surface area contributed by atoms with Crippen LogP contribution in [0, 0.1) is 0 Å². The van der Waals surface area contributed by atoms with E-state index < -0.39 is 5.60 Å². The van der Waals surface area contributed by atoms with E-state index >= 15 is 0 Å². The molecule has 0 saturated heterocycles. The van der Waals surface area contributed by atoms with Gasteiger partial charge in [0, 0.05) is 0 Å². The van der Waals surface area contributed by atoms with E-state index in [1.807, 2.05) is 0 Å². The predicted molar refractivity (Wildman–Crippen MR) is 46.5 cm³/mol. The summed E-state index contributed by atoms with van der Waals surface area (Å²) in [5.41, 5.74) is -0.521. The van der Waals surface area contributed by atoms with E-state index in [1.165, 1.54) is 19.3 Å². The third-order valence-electron chi connectivity index (χ3n) is 2.47. The summed E-state index contributed by atoms with van der Waals surface area (Å²) in [5.74, 6) is 0. The van der Waals surface area contributed by atoms with Crippen LogP contribution in [0.2, 0.25) is 0 Å². The Morgan fingerprint density at radius 1 is 1.17 bits per heavy atom. The molecule has 12 heavy (non-hydrogen) atoms. The van der Waals surface area contributed by atoms with Gasteiger partial charge in [0.05, 0.1) is 0 Å². The molecular weight excluding hydrogens is 167 g/mol. The fourth-order valence-corrected chi connectivity index (χ4v) is 1.90. The topological polar surface area (TPSA) is 23.1 Å². The molecule has 3 heteroatoms. The van der Waals surface area contributed by atoms with Crippen LogP contribution < -0.4 is 9.81 Å². The summed E-state index contributed by atoms with van der Waals surface area (Å²) in [6, 6.07) is 0. The Balaban J connectivity index is 0. The van der Waals surface area contributed by atoms with Crippen molar-refractivity contribution in [2.75, 3.05) is 0 Å². The molecule has 0 spiro atoms.